The molecule has 0 radical (unpaired) electrons. The van der Waals surface area contributed by atoms with E-state index in [0.717, 1.165) is 10.0 Å². The molecule has 3 N–H and O–H groups in total. The van der Waals surface area contributed by atoms with E-state index in [2.05, 4.69) is 31.9 Å². The van der Waals surface area contributed by atoms with E-state index in [1.165, 1.54) is 0 Å². The van der Waals surface area contributed by atoms with Crippen molar-refractivity contribution in [3.8, 4) is 5.75 Å². The highest BCUT2D eigenvalue weighted by atomic mass is 79.9. The van der Waals surface area contributed by atoms with Gasteiger partial charge in [-0.3, -0.25) is 14.4 Å². The normalized spacial score (nSPS) is 10.1. The van der Waals surface area contributed by atoms with Gasteiger partial charge in [-0.25, -0.2) is 0 Å². The fourth-order valence-electron chi connectivity index (χ4n) is 2.33. The Morgan fingerprint density at radius 1 is 0.964 bits per heavy atom. The third-order valence-corrected chi connectivity index (χ3v) is 4.24. The maximum atomic E-state index is 12.0. The molecular weight excluding hydrogens is 426 g/mol. The van der Waals surface area contributed by atoms with Crippen molar-refractivity contribution < 1.29 is 19.1 Å². The first-order valence-corrected chi connectivity index (χ1v) is 9.52. The molecule has 0 atom stereocenters. The molecule has 0 aromatic heterocycles. The lowest BCUT2D eigenvalue weighted by molar-refractivity contribution is -0.123. The summed E-state index contributed by atoms with van der Waals surface area (Å²) in [7, 11) is 0. The number of nitrogens with one attached hydrogen (secondary N) is 3. The van der Waals surface area contributed by atoms with E-state index in [-0.39, 0.29) is 24.9 Å². The van der Waals surface area contributed by atoms with E-state index in [1.807, 2.05) is 26.0 Å². The minimum atomic E-state index is -0.457. The maximum absolute atomic E-state index is 12.0. The van der Waals surface area contributed by atoms with Crippen molar-refractivity contribution in [3.63, 3.8) is 0 Å². The van der Waals surface area contributed by atoms with Crippen molar-refractivity contribution in [1.82, 2.24) is 10.6 Å². The third-order valence-electron chi connectivity index (χ3n) is 3.75. The van der Waals surface area contributed by atoms with Gasteiger partial charge in [0, 0.05) is 15.7 Å². The molecule has 2 aromatic rings. The Balaban J connectivity index is 1.74. The molecule has 2 aromatic carbocycles. The molecule has 28 heavy (non-hydrogen) atoms. The number of halogens is 1. The highest BCUT2D eigenvalue weighted by Gasteiger charge is 2.10. The summed E-state index contributed by atoms with van der Waals surface area (Å²) in [5.41, 5.74) is 1.99. The molecule has 0 fully saturated rings. The number of hydrogen-bond acceptors (Lipinski definition) is 4. The number of aryl methyl sites for hydroxylation is 1. The van der Waals surface area contributed by atoms with E-state index in [0.29, 0.717) is 23.6 Å². The summed E-state index contributed by atoms with van der Waals surface area (Å²) in [5.74, 6) is -0.518. The average Bonchev–Trinajstić information content (AvgIpc) is 2.67. The summed E-state index contributed by atoms with van der Waals surface area (Å²) in [6.07, 6.45) is 0. The van der Waals surface area contributed by atoms with Crippen LogP contribution in [0, 0.1) is 6.92 Å². The highest BCUT2D eigenvalue weighted by Crippen LogP contribution is 2.19. The fraction of sp³-hybridized carbons (Fsp3) is 0.250. The molecule has 148 valence electrons. The van der Waals surface area contributed by atoms with Crippen LogP contribution in [-0.4, -0.2) is 37.4 Å². The number of rotatable bonds is 8. The van der Waals surface area contributed by atoms with Crippen LogP contribution in [0.5, 0.6) is 5.75 Å². The summed E-state index contributed by atoms with van der Waals surface area (Å²) >= 11 is 3.36. The topological polar surface area (TPSA) is 96.5 Å². The Bertz CT molecular complexity index is 853. The van der Waals surface area contributed by atoms with Crippen molar-refractivity contribution in [3.05, 3.63) is 58.1 Å². The molecule has 0 aliphatic carbocycles. The zero-order valence-electron chi connectivity index (χ0n) is 15.7. The second kappa shape index (κ2) is 10.5. The summed E-state index contributed by atoms with van der Waals surface area (Å²) in [6, 6.07) is 12.1. The lowest BCUT2D eigenvalue weighted by Gasteiger charge is -2.10. The summed E-state index contributed by atoms with van der Waals surface area (Å²) in [6.45, 7) is 3.87. The Labute approximate surface area is 172 Å². The van der Waals surface area contributed by atoms with Crippen LogP contribution in [0.3, 0.4) is 0 Å². The summed E-state index contributed by atoms with van der Waals surface area (Å²) in [5, 5.41) is 7.71. The lowest BCUT2D eigenvalue weighted by Crippen LogP contribution is -2.40. The van der Waals surface area contributed by atoms with E-state index in [1.54, 1.807) is 30.3 Å². The smallest absolute Gasteiger partial charge is 0.251 e. The Kier molecular flexibility index (Phi) is 8.01. The number of carbonyl (C=O) groups excluding carboxylic acids is 3. The molecule has 8 heteroatoms. The zero-order valence-corrected chi connectivity index (χ0v) is 17.3. The van der Waals surface area contributed by atoms with Gasteiger partial charge in [0.25, 0.3) is 5.91 Å². The molecule has 0 aliphatic heterocycles. The molecule has 3 amide bonds. The van der Waals surface area contributed by atoms with Gasteiger partial charge < -0.3 is 20.7 Å². The minimum Gasteiger partial charge on any atom is -0.494 e. The van der Waals surface area contributed by atoms with E-state index in [4.69, 9.17) is 4.74 Å². The van der Waals surface area contributed by atoms with E-state index in [9.17, 15) is 14.4 Å². The van der Waals surface area contributed by atoms with Gasteiger partial charge in [-0.1, -0.05) is 15.9 Å². The second-order valence-corrected chi connectivity index (χ2v) is 6.84. The van der Waals surface area contributed by atoms with Crippen molar-refractivity contribution in [2.24, 2.45) is 0 Å². The molecule has 0 saturated carbocycles. The molecule has 0 saturated heterocycles. The summed E-state index contributed by atoms with van der Waals surface area (Å²) in [4.78, 5) is 35.9. The largest absolute Gasteiger partial charge is 0.494 e. The lowest BCUT2D eigenvalue weighted by atomic mass is 10.2. The number of amides is 3. The SMILES string of the molecule is CCOc1ccc(C(=O)NCC(=O)NCC(=O)Nc2ccc(Br)cc2C)cc1. The zero-order chi connectivity index (χ0) is 20.5. The van der Waals surface area contributed by atoms with Gasteiger partial charge in [0.2, 0.25) is 11.8 Å². The Morgan fingerprint density at radius 3 is 2.29 bits per heavy atom. The van der Waals surface area contributed by atoms with Gasteiger partial charge in [-0.05, 0) is 61.9 Å². The first-order valence-electron chi connectivity index (χ1n) is 8.72. The van der Waals surface area contributed by atoms with Crippen molar-refractivity contribution in [1.29, 1.82) is 0 Å². The molecule has 0 aliphatic rings. The van der Waals surface area contributed by atoms with Gasteiger partial charge in [-0.15, -0.1) is 0 Å². The number of ether oxygens (including phenoxy) is 1. The van der Waals surface area contributed by atoms with Crippen LogP contribution < -0.4 is 20.7 Å². The predicted molar refractivity (Wildman–Crippen MR) is 110 cm³/mol. The number of carbonyl (C=O) groups is 3. The first kappa shape index (κ1) is 21.4. The minimum absolute atomic E-state index is 0.187. The highest BCUT2D eigenvalue weighted by molar-refractivity contribution is 9.10. The molecule has 0 spiro atoms. The fourth-order valence-corrected chi connectivity index (χ4v) is 2.81. The van der Waals surface area contributed by atoms with Gasteiger partial charge >= 0.3 is 0 Å². The van der Waals surface area contributed by atoms with Gasteiger partial charge in [0.05, 0.1) is 19.7 Å². The van der Waals surface area contributed by atoms with Gasteiger partial charge in [0.15, 0.2) is 0 Å². The van der Waals surface area contributed by atoms with E-state index >= 15 is 0 Å². The third kappa shape index (κ3) is 6.70. The van der Waals surface area contributed by atoms with Crippen molar-refractivity contribution in [2.45, 2.75) is 13.8 Å². The van der Waals surface area contributed by atoms with Gasteiger partial charge in [-0.2, -0.15) is 0 Å². The number of hydrogen-bond donors (Lipinski definition) is 3. The first-order chi connectivity index (χ1) is 13.4. The molecular formula is C20H22BrN3O4. The van der Waals surface area contributed by atoms with Crippen molar-refractivity contribution in [2.75, 3.05) is 25.0 Å². The van der Waals surface area contributed by atoms with Crippen LogP contribution >= 0.6 is 15.9 Å². The molecule has 7 nitrogen and oxygen atoms in total. The monoisotopic (exact) mass is 447 g/mol. The van der Waals surface area contributed by atoms with Gasteiger partial charge in [0.1, 0.15) is 5.75 Å². The quantitative estimate of drug-likeness (QED) is 0.579. The Morgan fingerprint density at radius 2 is 1.64 bits per heavy atom. The van der Waals surface area contributed by atoms with Crippen LogP contribution in [0.4, 0.5) is 5.69 Å². The Hall–Kier alpha value is -2.87. The van der Waals surface area contributed by atoms with Crippen molar-refractivity contribution >= 4 is 39.3 Å². The van der Waals surface area contributed by atoms with Crippen LogP contribution in [0.2, 0.25) is 0 Å². The molecule has 0 heterocycles. The second-order valence-electron chi connectivity index (χ2n) is 5.92. The van der Waals surface area contributed by atoms with Crippen LogP contribution in [0.15, 0.2) is 46.9 Å². The van der Waals surface area contributed by atoms with Crippen LogP contribution in [0.25, 0.3) is 0 Å². The number of anilines is 1. The number of benzene rings is 2. The summed E-state index contributed by atoms with van der Waals surface area (Å²) < 4.78 is 6.23. The molecule has 2 rings (SSSR count). The predicted octanol–water partition coefficient (Wildman–Crippen LogP) is 2.64. The molecule has 0 bridgehead atoms. The average molecular weight is 448 g/mol. The maximum Gasteiger partial charge on any atom is 0.251 e. The van der Waals surface area contributed by atoms with Crippen LogP contribution in [0.1, 0.15) is 22.8 Å². The standard InChI is InChI=1S/C20H22BrN3O4/c1-3-28-16-7-4-14(5-8-16)20(27)23-11-18(25)22-12-19(26)24-17-9-6-15(21)10-13(17)2/h4-10H,3,11-12H2,1-2H3,(H,22,25)(H,23,27)(H,24,26). The molecule has 0 unspecified atom stereocenters. The van der Waals surface area contributed by atoms with E-state index < -0.39 is 5.91 Å². The van der Waals surface area contributed by atoms with Crippen LogP contribution in [-0.2, 0) is 9.59 Å².